The molecule has 0 aromatic rings. The van der Waals surface area contributed by atoms with Crippen LogP contribution in [0.1, 0.15) is 220 Å². The number of carbonyl (C=O) groups is 3. The van der Waals surface area contributed by atoms with Crippen molar-refractivity contribution in [1.82, 2.24) is 0 Å². The van der Waals surface area contributed by atoms with Crippen molar-refractivity contribution in [2.24, 2.45) is 0 Å². The lowest BCUT2D eigenvalue weighted by Gasteiger charge is -2.18. The summed E-state index contributed by atoms with van der Waals surface area (Å²) in [4.78, 5) is 37.8. The fourth-order valence-corrected chi connectivity index (χ4v) is 6.37. The molecule has 0 saturated heterocycles. The Bertz CT molecular complexity index is 1110. The van der Waals surface area contributed by atoms with E-state index in [9.17, 15) is 14.4 Å². The van der Waals surface area contributed by atoms with Crippen molar-refractivity contribution < 1.29 is 28.6 Å². The van der Waals surface area contributed by atoms with Crippen LogP contribution in [0.25, 0.3) is 0 Å². The van der Waals surface area contributed by atoms with Crippen LogP contribution >= 0.6 is 0 Å². The van der Waals surface area contributed by atoms with Gasteiger partial charge in [-0.15, -0.1) is 0 Å². The minimum Gasteiger partial charge on any atom is -0.462 e. The van der Waals surface area contributed by atoms with Crippen LogP contribution in [0.2, 0.25) is 0 Å². The molecular weight excluding hydrogens is 721 g/mol. The van der Waals surface area contributed by atoms with Gasteiger partial charge in [-0.25, -0.2) is 0 Å². The fourth-order valence-electron chi connectivity index (χ4n) is 6.37. The smallest absolute Gasteiger partial charge is 0.306 e. The Kier molecular flexibility index (Phi) is 44.0. The van der Waals surface area contributed by atoms with E-state index in [2.05, 4.69) is 93.7 Å². The zero-order valence-corrected chi connectivity index (χ0v) is 37.8. The van der Waals surface area contributed by atoms with E-state index in [1.165, 1.54) is 77.0 Å². The first kappa shape index (κ1) is 54.9. The molecule has 6 heteroatoms. The molecule has 58 heavy (non-hydrogen) atoms. The number of rotatable bonds is 42. The van der Waals surface area contributed by atoms with E-state index in [4.69, 9.17) is 14.2 Å². The Morgan fingerprint density at radius 1 is 0.362 bits per heavy atom. The number of esters is 3. The maximum Gasteiger partial charge on any atom is 0.306 e. The van der Waals surface area contributed by atoms with Crippen LogP contribution in [0.5, 0.6) is 0 Å². The van der Waals surface area contributed by atoms with Crippen LogP contribution in [0.15, 0.2) is 72.9 Å². The highest BCUT2D eigenvalue weighted by atomic mass is 16.6. The monoisotopic (exact) mass is 809 g/mol. The van der Waals surface area contributed by atoms with Crippen molar-refractivity contribution in [3.8, 4) is 0 Å². The molecule has 0 fully saturated rings. The third-order valence-corrected chi connectivity index (χ3v) is 9.93. The van der Waals surface area contributed by atoms with Gasteiger partial charge < -0.3 is 14.2 Å². The molecule has 0 amide bonds. The Hall–Kier alpha value is -3.15. The van der Waals surface area contributed by atoms with E-state index in [0.717, 1.165) is 103 Å². The summed E-state index contributed by atoms with van der Waals surface area (Å²) in [6.07, 6.45) is 57.6. The van der Waals surface area contributed by atoms with Crippen LogP contribution < -0.4 is 0 Å². The highest BCUT2D eigenvalue weighted by Gasteiger charge is 2.19. The third-order valence-electron chi connectivity index (χ3n) is 9.93. The molecule has 1 unspecified atom stereocenters. The van der Waals surface area contributed by atoms with Gasteiger partial charge in [-0.3, -0.25) is 14.4 Å². The number of unbranched alkanes of at least 4 members (excludes halogenated alkanes) is 19. The maximum atomic E-state index is 12.7. The molecule has 0 saturated carbocycles. The molecule has 332 valence electrons. The van der Waals surface area contributed by atoms with Crippen molar-refractivity contribution in [2.45, 2.75) is 226 Å². The van der Waals surface area contributed by atoms with Crippen LogP contribution in [-0.2, 0) is 28.6 Å². The fraction of sp³-hybridized carbons (Fsp3) is 0.712. The lowest BCUT2D eigenvalue weighted by Crippen LogP contribution is -2.30. The molecule has 0 N–H and O–H groups in total. The van der Waals surface area contributed by atoms with Gasteiger partial charge in [-0.1, -0.05) is 171 Å². The molecule has 0 aliphatic heterocycles. The molecule has 0 radical (unpaired) electrons. The minimum atomic E-state index is -0.799. The molecule has 0 rings (SSSR count). The third kappa shape index (κ3) is 44.0. The molecule has 0 aromatic carbocycles. The molecule has 0 heterocycles. The van der Waals surface area contributed by atoms with Gasteiger partial charge in [0.15, 0.2) is 6.10 Å². The van der Waals surface area contributed by atoms with Crippen molar-refractivity contribution in [3.05, 3.63) is 72.9 Å². The quantitative estimate of drug-likeness (QED) is 0.0264. The van der Waals surface area contributed by atoms with E-state index in [1.807, 2.05) is 0 Å². The predicted molar refractivity (Wildman–Crippen MR) is 247 cm³/mol. The Morgan fingerprint density at radius 3 is 1.10 bits per heavy atom. The van der Waals surface area contributed by atoms with Gasteiger partial charge in [0.1, 0.15) is 13.2 Å². The summed E-state index contributed by atoms with van der Waals surface area (Å²) < 4.78 is 16.7. The van der Waals surface area contributed by atoms with Crippen LogP contribution in [0, 0.1) is 0 Å². The van der Waals surface area contributed by atoms with Crippen molar-refractivity contribution in [1.29, 1.82) is 0 Å². The highest BCUT2D eigenvalue weighted by Crippen LogP contribution is 2.13. The molecule has 1 atom stereocenters. The molecule has 0 aromatic heterocycles. The Labute approximate surface area is 357 Å². The second kappa shape index (κ2) is 46.5. The standard InChI is InChI=1S/C52H88O6/c1-4-7-10-13-16-19-21-23-25-26-27-29-30-33-36-39-42-45-51(54)57-48-49(47-56-50(53)44-41-38-35-32-18-15-12-9-6-3)58-52(55)46-43-40-37-34-31-28-24-22-20-17-14-11-8-5-2/h8-9,11-12,17-18,20,23-25,28,32,49H,4-7,10,13-16,19,21-22,26-27,29-31,33-48H2,1-3H3/b11-8-,12-9-,20-17-,25-23-,28-24-,32-18-. The average Bonchev–Trinajstić information content (AvgIpc) is 3.22. The number of ether oxygens (including phenoxy) is 3. The van der Waals surface area contributed by atoms with Crippen molar-refractivity contribution in [3.63, 3.8) is 0 Å². The number of carbonyl (C=O) groups excluding carboxylic acids is 3. The van der Waals surface area contributed by atoms with Crippen LogP contribution in [0.4, 0.5) is 0 Å². The molecular formula is C52H88O6. The second-order valence-corrected chi connectivity index (χ2v) is 15.6. The van der Waals surface area contributed by atoms with Gasteiger partial charge in [-0.2, -0.15) is 0 Å². The van der Waals surface area contributed by atoms with E-state index in [0.29, 0.717) is 19.3 Å². The predicted octanol–water partition coefficient (Wildman–Crippen LogP) is 15.5. The summed E-state index contributed by atoms with van der Waals surface area (Å²) >= 11 is 0. The van der Waals surface area contributed by atoms with Crippen LogP contribution in [0.3, 0.4) is 0 Å². The summed E-state index contributed by atoms with van der Waals surface area (Å²) in [5.74, 6) is -0.966. The number of allylic oxidation sites excluding steroid dienone is 12. The van der Waals surface area contributed by atoms with Gasteiger partial charge in [0.05, 0.1) is 0 Å². The molecule has 0 aliphatic rings. The summed E-state index contributed by atoms with van der Waals surface area (Å²) in [5, 5.41) is 0. The first-order valence-electron chi connectivity index (χ1n) is 23.9. The first-order valence-corrected chi connectivity index (χ1v) is 23.9. The maximum absolute atomic E-state index is 12.7. The van der Waals surface area contributed by atoms with Crippen molar-refractivity contribution in [2.75, 3.05) is 13.2 Å². The van der Waals surface area contributed by atoms with Gasteiger partial charge in [0.25, 0.3) is 0 Å². The SMILES string of the molecule is CC/C=C\C/C=C\C/C=C\CCCCCCC(=O)OC(COC(=O)CCCC/C=C\C/C=C\CC)COC(=O)CCCCCCCCC/C=C\CCCCCCCC. The van der Waals surface area contributed by atoms with Crippen molar-refractivity contribution >= 4 is 17.9 Å². The van der Waals surface area contributed by atoms with E-state index in [1.54, 1.807) is 0 Å². The molecule has 0 spiro atoms. The first-order chi connectivity index (χ1) is 28.5. The summed E-state index contributed by atoms with van der Waals surface area (Å²) in [5.41, 5.74) is 0. The lowest BCUT2D eigenvalue weighted by atomic mass is 10.1. The molecule has 0 bridgehead atoms. The van der Waals surface area contributed by atoms with Gasteiger partial charge in [0.2, 0.25) is 0 Å². The van der Waals surface area contributed by atoms with Crippen LogP contribution in [-0.4, -0.2) is 37.2 Å². The second-order valence-electron chi connectivity index (χ2n) is 15.6. The van der Waals surface area contributed by atoms with Gasteiger partial charge >= 0.3 is 17.9 Å². The number of hydrogen-bond acceptors (Lipinski definition) is 6. The molecule has 6 nitrogen and oxygen atoms in total. The van der Waals surface area contributed by atoms with E-state index in [-0.39, 0.29) is 31.1 Å². The minimum absolute atomic E-state index is 0.0977. The topological polar surface area (TPSA) is 78.9 Å². The average molecular weight is 809 g/mol. The molecule has 0 aliphatic carbocycles. The Balaban J connectivity index is 4.39. The normalized spacial score (nSPS) is 12.7. The Morgan fingerprint density at radius 2 is 0.672 bits per heavy atom. The zero-order valence-electron chi connectivity index (χ0n) is 37.8. The largest absolute Gasteiger partial charge is 0.462 e. The summed E-state index contributed by atoms with van der Waals surface area (Å²) in [7, 11) is 0. The summed E-state index contributed by atoms with van der Waals surface area (Å²) in [6.45, 7) is 6.33. The van der Waals surface area contributed by atoms with Gasteiger partial charge in [0, 0.05) is 19.3 Å². The van der Waals surface area contributed by atoms with E-state index >= 15 is 0 Å². The zero-order chi connectivity index (χ0) is 42.3. The lowest BCUT2D eigenvalue weighted by molar-refractivity contribution is -0.167. The van der Waals surface area contributed by atoms with Gasteiger partial charge in [-0.05, 0) is 103 Å². The summed E-state index contributed by atoms with van der Waals surface area (Å²) in [6, 6.07) is 0. The van der Waals surface area contributed by atoms with E-state index < -0.39 is 6.10 Å². The number of hydrogen-bond donors (Lipinski definition) is 0. The highest BCUT2D eigenvalue weighted by molar-refractivity contribution is 5.71.